The molecule has 0 atom stereocenters. The third-order valence-corrected chi connectivity index (χ3v) is 2.26. The predicted octanol–water partition coefficient (Wildman–Crippen LogP) is 2.52. The van der Waals surface area contributed by atoms with Crippen molar-refractivity contribution >= 4 is 0 Å². The molecule has 1 aliphatic carbocycles. The summed E-state index contributed by atoms with van der Waals surface area (Å²) >= 11 is 0. The van der Waals surface area contributed by atoms with Crippen LogP contribution >= 0.6 is 0 Å². The van der Waals surface area contributed by atoms with Crippen molar-refractivity contribution in [1.29, 1.82) is 0 Å². The minimum Gasteiger partial charge on any atom is -0.298 e. The summed E-state index contributed by atoms with van der Waals surface area (Å²) in [5, 5.41) is 0. The first-order valence-corrected chi connectivity index (χ1v) is 4.87. The average molecular weight is 155 g/mol. The van der Waals surface area contributed by atoms with Gasteiger partial charge in [0.15, 0.2) is 0 Å². The van der Waals surface area contributed by atoms with Crippen LogP contribution in [-0.2, 0) is 0 Å². The molecule has 11 heavy (non-hydrogen) atoms. The lowest BCUT2D eigenvalue weighted by Crippen LogP contribution is -2.35. The Morgan fingerprint density at radius 2 is 1.73 bits per heavy atom. The lowest BCUT2D eigenvalue weighted by Gasteiger charge is -2.27. The van der Waals surface area contributed by atoms with Gasteiger partial charge in [0.1, 0.15) is 0 Å². The molecular formula is C10H21N. The second-order valence-corrected chi connectivity index (χ2v) is 4.42. The van der Waals surface area contributed by atoms with Gasteiger partial charge in [0.05, 0.1) is 0 Å². The van der Waals surface area contributed by atoms with Gasteiger partial charge in [-0.3, -0.25) is 4.90 Å². The monoisotopic (exact) mass is 155 g/mol. The van der Waals surface area contributed by atoms with E-state index in [1.54, 1.807) is 0 Å². The van der Waals surface area contributed by atoms with Crippen LogP contribution in [0.25, 0.3) is 0 Å². The van der Waals surface area contributed by atoms with Gasteiger partial charge in [-0.25, -0.2) is 0 Å². The van der Waals surface area contributed by atoms with Gasteiger partial charge in [0.2, 0.25) is 0 Å². The fraction of sp³-hybridized carbons (Fsp3) is 1.00. The van der Waals surface area contributed by atoms with Crippen LogP contribution < -0.4 is 0 Å². The molecule has 0 aromatic carbocycles. The molecule has 0 heterocycles. The molecule has 0 bridgehead atoms. The van der Waals surface area contributed by atoms with Crippen LogP contribution in [0.2, 0.25) is 0 Å². The lowest BCUT2D eigenvalue weighted by atomic mass is 10.2. The van der Waals surface area contributed by atoms with Crippen LogP contribution in [0.4, 0.5) is 0 Å². The van der Waals surface area contributed by atoms with Crippen molar-refractivity contribution in [3.63, 3.8) is 0 Å². The van der Waals surface area contributed by atoms with Gasteiger partial charge < -0.3 is 0 Å². The van der Waals surface area contributed by atoms with E-state index in [2.05, 4.69) is 32.6 Å². The van der Waals surface area contributed by atoms with Gasteiger partial charge in [0, 0.05) is 18.6 Å². The van der Waals surface area contributed by atoms with Crippen molar-refractivity contribution < 1.29 is 0 Å². The lowest BCUT2D eigenvalue weighted by molar-refractivity contribution is 0.188. The normalized spacial score (nSPS) is 18.8. The van der Waals surface area contributed by atoms with E-state index in [0.717, 1.165) is 18.0 Å². The first-order valence-electron chi connectivity index (χ1n) is 4.87. The molecule has 0 radical (unpaired) electrons. The molecule has 1 rings (SSSR count). The highest BCUT2D eigenvalue weighted by Gasteiger charge is 2.30. The summed E-state index contributed by atoms with van der Waals surface area (Å²) in [5.41, 5.74) is 0. The molecule has 0 amide bonds. The Kier molecular flexibility index (Phi) is 2.94. The molecule has 0 unspecified atom stereocenters. The maximum absolute atomic E-state index is 2.64. The second kappa shape index (κ2) is 3.57. The Morgan fingerprint density at radius 3 is 2.00 bits per heavy atom. The van der Waals surface area contributed by atoms with Crippen molar-refractivity contribution in [2.75, 3.05) is 6.54 Å². The molecule has 66 valence electrons. The largest absolute Gasteiger partial charge is 0.298 e. The second-order valence-electron chi connectivity index (χ2n) is 4.42. The third kappa shape index (κ3) is 2.82. The maximum Gasteiger partial charge on any atom is 0.00992 e. The van der Waals surface area contributed by atoms with Crippen LogP contribution in [0.1, 0.15) is 40.5 Å². The highest BCUT2D eigenvalue weighted by molar-refractivity contribution is 4.86. The molecule has 1 heteroatoms. The molecule has 1 fully saturated rings. The molecule has 0 saturated heterocycles. The molecule has 1 aliphatic rings. The van der Waals surface area contributed by atoms with E-state index in [4.69, 9.17) is 0 Å². The summed E-state index contributed by atoms with van der Waals surface area (Å²) in [5.74, 6) is 0.818. The van der Waals surface area contributed by atoms with E-state index in [-0.39, 0.29) is 0 Å². The third-order valence-electron chi connectivity index (χ3n) is 2.26. The molecule has 0 N–H and O–H groups in total. The van der Waals surface area contributed by atoms with Gasteiger partial charge in [-0.1, -0.05) is 13.8 Å². The van der Waals surface area contributed by atoms with E-state index in [0.29, 0.717) is 0 Å². The summed E-state index contributed by atoms with van der Waals surface area (Å²) in [6, 6.07) is 1.67. The molecule has 0 aromatic heterocycles. The van der Waals surface area contributed by atoms with Crippen molar-refractivity contribution in [2.45, 2.75) is 52.6 Å². The van der Waals surface area contributed by atoms with Crippen LogP contribution in [-0.4, -0.2) is 23.5 Å². The van der Waals surface area contributed by atoms with Gasteiger partial charge in [-0.2, -0.15) is 0 Å². The van der Waals surface area contributed by atoms with E-state index in [9.17, 15) is 0 Å². The molecular weight excluding hydrogens is 134 g/mol. The highest BCUT2D eigenvalue weighted by atomic mass is 15.2. The maximum atomic E-state index is 2.64. The molecule has 0 aromatic rings. The van der Waals surface area contributed by atoms with Crippen molar-refractivity contribution in [2.24, 2.45) is 5.92 Å². The first-order chi connectivity index (χ1) is 5.11. The zero-order valence-electron chi connectivity index (χ0n) is 8.30. The molecule has 1 saturated carbocycles. The fourth-order valence-corrected chi connectivity index (χ4v) is 1.61. The minimum atomic E-state index is 0.741. The van der Waals surface area contributed by atoms with Crippen LogP contribution in [0.3, 0.4) is 0 Å². The van der Waals surface area contributed by atoms with Gasteiger partial charge in [-0.15, -0.1) is 0 Å². The molecule has 0 aliphatic heterocycles. The van der Waals surface area contributed by atoms with Gasteiger partial charge in [0.25, 0.3) is 0 Å². The van der Waals surface area contributed by atoms with Crippen LogP contribution in [0.5, 0.6) is 0 Å². The number of nitrogens with zero attached hydrogens (tertiary/aromatic N) is 1. The summed E-state index contributed by atoms with van der Waals surface area (Å²) < 4.78 is 0. The Balaban J connectivity index is 2.32. The van der Waals surface area contributed by atoms with E-state index >= 15 is 0 Å². The van der Waals surface area contributed by atoms with Crippen molar-refractivity contribution in [3.05, 3.63) is 0 Å². The van der Waals surface area contributed by atoms with Crippen LogP contribution in [0, 0.1) is 5.92 Å². The molecule has 1 nitrogen and oxygen atoms in total. The smallest absolute Gasteiger partial charge is 0.00992 e. The highest BCUT2D eigenvalue weighted by Crippen LogP contribution is 2.28. The number of hydrogen-bond donors (Lipinski definition) is 0. The van der Waals surface area contributed by atoms with Gasteiger partial charge >= 0.3 is 0 Å². The summed E-state index contributed by atoms with van der Waals surface area (Å²) in [7, 11) is 0. The number of hydrogen-bond acceptors (Lipinski definition) is 1. The zero-order chi connectivity index (χ0) is 8.43. The Hall–Kier alpha value is -0.0400. The van der Waals surface area contributed by atoms with Crippen molar-refractivity contribution in [3.8, 4) is 0 Å². The van der Waals surface area contributed by atoms with Crippen molar-refractivity contribution in [1.82, 2.24) is 4.90 Å². The topological polar surface area (TPSA) is 3.24 Å². The van der Waals surface area contributed by atoms with Crippen LogP contribution in [0.15, 0.2) is 0 Å². The zero-order valence-corrected chi connectivity index (χ0v) is 8.30. The predicted molar refractivity (Wildman–Crippen MR) is 49.7 cm³/mol. The van der Waals surface area contributed by atoms with Gasteiger partial charge in [-0.05, 0) is 32.6 Å². The standard InChI is InChI=1S/C10H21N/c1-8(2)7-11(9(3)4)10-5-6-10/h8-10H,5-7H2,1-4H3. The quantitative estimate of drug-likeness (QED) is 0.603. The van der Waals surface area contributed by atoms with E-state index < -0.39 is 0 Å². The Morgan fingerprint density at radius 1 is 1.18 bits per heavy atom. The summed E-state index contributed by atoms with van der Waals surface area (Å²) in [6.07, 6.45) is 2.87. The Bertz CT molecular complexity index is 112. The SMILES string of the molecule is CC(C)CN(C(C)C)C1CC1. The average Bonchev–Trinajstić information content (AvgIpc) is 2.63. The number of rotatable bonds is 4. The summed E-state index contributed by atoms with van der Waals surface area (Å²) in [6.45, 7) is 10.5. The fourth-order valence-electron chi connectivity index (χ4n) is 1.61. The Labute approximate surface area is 70.8 Å². The minimum absolute atomic E-state index is 0.741. The first kappa shape index (κ1) is 9.05. The molecule has 0 spiro atoms. The summed E-state index contributed by atoms with van der Waals surface area (Å²) in [4.78, 5) is 2.64. The van der Waals surface area contributed by atoms with E-state index in [1.807, 2.05) is 0 Å². The van der Waals surface area contributed by atoms with E-state index in [1.165, 1.54) is 19.4 Å².